The maximum Gasteiger partial charge on any atom is 0.328 e. The quantitative estimate of drug-likeness (QED) is 0.559. The van der Waals surface area contributed by atoms with Crippen LogP contribution in [0.25, 0.3) is 6.08 Å². The standard InChI is InChI=1S/C14H21NO3S/c1-3-15(8-9-18-4-2)11-13-12(7-10-19-13)5-6-14(16)17/h5-7,10H,3-4,8-9,11H2,1-2H3,(H,16,17). The van der Waals surface area contributed by atoms with Crippen molar-refractivity contribution in [3.63, 3.8) is 0 Å². The van der Waals surface area contributed by atoms with Gasteiger partial charge in [0.05, 0.1) is 6.61 Å². The normalized spacial score (nSPS) is 11.5. The highest BCUT2D eigenvalue weighted by molar-refractivity contribution is 7.10. The van der Waals surface area contributed by atoms with E-state index in [9.17, 15) is 4.79 Å². The Morgan fingerprint density at radius 2 is 2.32 bits per heavy atom. The molecular weight excluding hydrogens is 262 g/mol. The van der Waals surface area contributed by atoms with E-state index in [0.29, 0.717) is 0 Å². The number of rotatable bonds is 9. The fourth-order valence-corrected chi connectivity index (χ4v) is 2.59. The Hall–Kier alpha value is -1.17. The van der Waals surface area contributed by atoms with Gasteiger partial charge in [0.25, 0.3) is 0 Å². The van der Waals surface area contributed by atoms with Crippen LogP contribution in [0.15, 0.2) is 17.5 Å². The van der Waals surface area contributed by atoms with Gasteiger partial charge in [-0.05, 0) is 36.6 Å². The smallest absolute Gasteiger partial charge is 0.328 e. The molecule has 1 N–H and O–H groups in total. The molecule has 4 nitrogen and oxygen atoms in total. The molecule has 0 bridgehead atoms. The van der Waals surface area contributed by atoms with Crippen molar-refractivity contribution in [2.24, 2.45) is 0 Å². The molecule has 1 heterocycles. The van der Waals surface area contributed by atoms with E-state index in [-0.39, 0.29) is 0 Å². The number of carbonyl (C=O) groups is 1. The molecule has 0 atom stereocenters. The molecule has 0 aliphatic carbocycles. The summed E-state index contributed by atoms with van der Waals surface area (Å²) < 4.78 is 5.36. The van der Waals surface area contributed by atoms with Crippen molar-refractivity contribution < 1.29 is 14.6 Å². The van der Waals surface area contributed by atoms with Crippen LogP contribution in [0.5, 0.6) is 0 Å². The Bertz CT molecular complexity index is 415. The number of carboxylic acid groups (broad SMARTS) is 1. The molecular formula is C14H21NO3S. The minimum Gasteiger partial charge on any atom is -0.478 e. The molecule has 0 saturated carbocycles. The van der Waals surface area contributed by atoms with Crippen molar-refractivity contribution in [3.8, 4) is 0 Å². The van der Waals surface area contributed by atoms with E-state index in [2.05, 4.69) is 11.8 Å². The lowest BCUT2D eigenvalue weighted by molar-refractivity contribution is -0.131. The van der Waals surface area contributed by atoms with Crippen molar-refractivity contribution >= 4 is 23.4 Å². The fourth-order valence-electron chi connectivity index (χ4n) is 1.68. The van der Waals surface area contributed by atoms with Crippen LogP contribution in [-0.4, -0.2) is 42.3 Å². The van der Waals surface area contributed by atoms with E-state index in [1.807, 2.05) is 18.4 Å². The molecule has 0 aliphatic rings. The second-order valence-corrected chi connectivity index (χ2v) is 5.04. The summed E-state index contributed by atoms with van der Waals surface area (Å²) in [4.78, 5) is 14.0. The zero-order chi connectivity index (χ0) is 14.1. The highest BCUT2D eigenvalue weighted by Gasteiger charge is 2.08. The van der Waals surface area contributed by atoms with E-state index in [0.717, 1.165) is 38.4 Å². The molecule has 106 valence electrons. The van der Waals surface area contributed by atoms with Crippen LogP contribution in [0, 0.1) is 0 Å². The van der Waals surface area contributed by atoms with Gasteiger partial charge in [0, 0.05) is 30.6 Å². The molecule has 0 fully saturated rings. The summed E-state index contributed by atoms with van der Waals surface area (Å²) in [7, 11) is 0. The third-order valence-electron chi connectivity index (χ3n) is 2.76. The molecule has 5 heteroatoms. The number of nitrogens with zero attached hydrogens (tertiary/aromatic N) is 1. The Labute approximate surface area is 118 Å². The summed E-state index contributed by atoms with van der Waals surface area (Å²) in [5.74, 6) is -0.916. The molecule has 0 aliphatic heterocycles. The molecule has 1 aromatic rings. The van der Waals surface area contributed by atoms with Gasteiger partial charge in [0.15, 0.2) is 0 Å². The predicted molar refractivity (Wildman–Crippen MR) is 78.4 cm³/mol. The molecule has 0 radical (unpaired) electrons. The third kappa shape index (κ3) is 6.00. The van der Waals surface area contributed by atoms with Crippen molar-refractivity contribution in [1.29, 1.82) is 0 Å². The maximum atomic E-state index is 10.5. The molecule has 0 saturated heterocycles. The highest BCUT2D eigenvalue weighted by Crippen LogP contribution is 2.20. The lowest BCUT2D eigenvalue weighted by Gasteiger charge is -2.19. The molecule has 0 aromatic carbocycles. The number of aliphatic carboxylic acids is 1. The van der Waals surface area contributed by atoms with Gasteiger partial charge < -0.3 is 9.84 Å². The number of ether oxygens (including phenoxy) is 1. The van der Waals surface area contributed by atoms with Crippen molar-refractivity contribution in [2.75, 3.05) is 26.3 Å². The first-order valence-electron chi connectivity index (χ1n) is 6.44. The second-order valence-electron chi connectivity index (χ2n) is 4.04. The first kappa shape index (κ1) is 15.9. The average Bonchev–Trinajstić information content (AvgIpc) is 2.82. The predicted octanol–water partition coefficient (Wildman–Crippen LogP) is 2.70. The van der Waals surface area contributed by atoms with Crippen LogP contribution in [0.2, 0.25) is 0 Å². The van der Waals surface area contributed by atoms with Gasteiger partial charge in [-0.3, -0.25) is 4.90 Å². The second kappa shape index (κ2) is 8.85. The Morgan fingerprint density at radius 3 is 2.95 bits per heavy atom. The highest BCUT2D eigenvalue weighted by atomic mass is 32.1. The van der Waals surface area contributed by atoms with Crippen molar-refractivity contribution in [3.05, 3.63) is 28.0 Å². The van der Waals surface area contributed by atoms with Gasteiger partial charge in [0.1, 0.15) is 0 Å². The van der Waals surface area contributed by atoms with E-state index < -0.39 is 5.97 Å². The molecule has 1 aromatic heterocycles. The molecule has 0 spiro atoms. The van der Waals surface area contributed by atoms with Gasteiger partial charge >= 0.3 is 5.97 Å². The fraction of sp³-hybridized carbons (Fsp3) is 0.500. The number of carboxylic acids is 1. The van der Waals surface area contributed by atoms with E-state index >= 15 is 0 Å². The summed E-state index contributed by atoms with van der Waals surface area (Å²) in [6.45, 7) is 8.26. The van der Waals surface area contributed by atoms with Crippen LogP contribution >= 0.6 is 11.3 Å². The van der Waals surface area contributed by atoms with E-state index in [4.69, 9.17) is 9.84 Å². The van der Waals surface area contributed by atoms with Gasteiger partial charge in [-0.2, -0.15) is 0 Å². The molecule has 19 heavy (non-hydrogen) atoms. The Balaban J connectivity index is 2.59. The van der Waals surface area contributed by atoms with Crippen LogP contribution in [-0.2, 0) is 16.1 Å². The first-order chi connectivity index (χ1) is 9.17. The van der Waals surface area contributed by atoms with Gasteiger partial charge in [0.2, 0.25) is 0 Å². The lowest BCUT2D eigenvalue weighted by atomic mass is 10.2. The topological polar surface area (TPSA) is 49.8 Å². The Kier molecular flexibility index (Phi) is 7.40. The lowest BCUT2D eigenvalue weighted by Crippen LogP contribution is -2.26. The third-order valence-corrected chi connectivity index (χ3v) is 3.68. The SMILES string of the molecule is CCOCCN(CC)Cc1sccc1C=CC(=O)O. The van der Waals surface area contributed by atoms with Crippen molar-refractivity contribution in [2.45, 2.75) is 20.4 Å². The largest absolute Gasteiger partial charge is 0.478 e. The number of hydrogen-bond acceptors (Lipinski definition) is 4. The minimum absolute atomic E-state index is 0.732. The molecule has 1 rings (SSSR count). The summed E-state index contributed by atoms with van der Waals surface area (Å²) in [6, 6.07) is 1.95. The minimum atomic E-state index is -0.916. The van der Waals surface area contributed by atoms with Crippen LogP contribution < -0.4 is 0 Å². The summed E-state index contributed by atoms with van der Waals surface area (Å²) in [5.41, 5.74) is 0.988. The summed E-state index contributed by atoms with van der Waals surface area (Å²) in [6.07, 6.45) is 2.84. The zero-order valence-corrected chi connectivity index (χ0v) is 12.3. The molecule has 0 amide bonds. The van der Waals surface area contributed by atoms with Gasteiger partial charge in [-0.1, -0.05) is 6.92 Å². The van der Waals surface area contributed by atoms with Gasteiger partial charge in [-0.15, -0.1) is 11.3 Å². The van der Waals surface area contributed by atoms with E-state index in [1.54, 1.807) is 17.4 Å². The van der Waals surface area contributed by atoms with E-state index in [1.165, 1.54) is 11.0 Å². The average molecular weight is 283 g/mol. The monoisotopic (exact) mass is 283 g/mol. The number of hydrogen-bond donors (Lipinski definition) is 1. The zero-order valence-electron chi connectivity index (χ0n) is 11.5. The van der Waals surface area contributed by atoms with Crippen LogP contribution in [0.1, 0.15) is 24.3 Å². The summed E-state index contributed by atoms with van der Waals surface area (Å²) in [5, 5.41) is 10.7. The first-order valence-corrected chi connectivity index (χ1v) is 7.32. The molecule has 0 unspecified atom stereocenters. The van der Waals surface area contributed by atoms with Crippen LogP contribution in [0.4, 0.5) is 0 Å². The maximum absolute atomic E-state index is 10.5. The van der Waals surface area contributed by atoms with Crippen LogP contribution in [0.3, 0.4) is 0 Å². The summed E-state index contributed by atoms with van der Waals surface area (Å²) >= 11 is 1.66. The Morgan fingerprint density at radius 1 is 1.53 bits per heavy atom. The number of likely N-dealkylation sites (N-methyl/N-ethyl adjacent to an activating group) is 1. The number of thiophene rings is 1. The van der Waals surface area contributed by atoms with Gasteiger partial charge in [-0.25, -0.2) is 4.79 Å². The van der Waals surface area contributed by atoms with Crippen molar-refractivity contribution in [1.82, 2.24) is 4.90 Å².